The number of nitrogens with zero attached hydrogens (tertiary/aromatic N) is 1. The first-order valence-corrected chi connectivity index (χ1v) is 16.7. The Morgan fingerprint density at radius 3 is 1.88 bits per heavy atom. The Bertz CT molecular complexity index is 2460. The molecule has 1 heterocycles. The van der Waals surface area contributed by atoms with Gasteiger partial charge in [0.15, 0.2) is 0 Å². The minimum atomic E-state index is 0.295. The average Bonchev–Trinajstić information content (AvgIpc) is 3.50. The van der Waals surface area contributed by atoms with Crippen LogP contribution < -0.4 is 5.32 Å². The van der Waals surface area contributed by atoms with Crippen LogP contribution >= 0.6 is 0 Å². The lowest BCUT2D eigenvalue weighted by atomic mass is 9.90. The van der Waals surface area contributed by atoms with Crippen LogP contribution in [0.15, 0.2) is 188 Å². The number of aromatic nitrogens is 1. The minimum Gasteiger partial charge on any atom is -0.356 e. The second-order valence-corrected chi connectivity index (χ2v) is 12.6. The molecule has 48 heavy (non-hydrogen) atoms. The number of para-hydroxylation sites is 3. The highest BCUT2D eigenvalue weighted by molar-refractivity contribution is 6.09. The first-order valence-electron chi connectivity index (χ1n) is 16.7. The molecule has 1 aliphatic rings. The van der Waals surface area contributed by atoms with E-state index in [1.807, 2.05) is 0 Å². The van der Waals surface area contributed by atoms with E-state index in [-0.39, 0.29) is 0 Å². The van der Waals surface area contributed by atoms with Crippen LogP contribution in [0.1, 0.15) is 17.9 Å². The normalized spacial score (nSPS) is 14.4. The first-order chi connectivity index (χ1) is 23.8. The van der Waals surface area contributed by atoms with Crippen LogP contribution in [-0.4, -0.2) is 4.57 Å². The zero-order valence-electron chi connectivity index (χ0n) is 26.6. The standard InChI is InChI=1S/C46H34N2/c1-2-11-35-31-38(21-20-32(35)10-1)37-13-9-12-36(30-37)33-22-26-39(27-23-33)47-40-28-24-34(25-29-40)41-14-3-6-17-44(41)48-45-18-7-4-15-42(45)43-16-5-8-19-46(43)48/h1-24,26-31,34,47H,25H2. The molecule has 9 rings (SSSR count). The lowest BCUT2D eigenvalue weighted by molar-refractivity contribution is 0.836. The molecule has 2 heteroatoms. The molecule has 2 nitrogen and oxygen atoms in total. The number of hydrogen-bond acceptors (Lipinski definition) is 1. The number of rotatable bonds is 6. The summed E-state index contributed by atoms with van der Waals surface area (Å²) in [5.41, 5.74) is 12.2. The van der Waals surface area contributed by atoms with Gasteiger partial charge in [-0.2, -0.15) is 0 Å². The third-order valence-corrected chi connectivity index (χ3v) is 9.71. The summed E-state index contributed by atoms with van der Waals surface area (Å²) < 4.78 is 2.43. The van der Waals surface area contributed by atoms with Crippen molar-refractivity contribution >= 4 is 38.3 Å². The van der Waals surface area contributed by atoms with Crippen LogP contribution in [0.3, 0.4) is 0 Å². The summed E-state index contributed by atoms with van der Waals surface area (Å²) in [7, 11) is 0. The van der Waals surface area contributed by atoms with Crippen LogP contribution in [0.4, 0.5) is 5.69 Å². The second-order valence-electron chi connectivity index (χ2n) is 12.6. The van der Waals surface area contributed by atoms with Crippen LogP contribution in [0, 0.1) is 0 Å². The second kappa shape index (κ2) is 11.9. The fraction of sp³-hybridized carbons (Fsp3) is 0.0435. The molecule has 0 fully saturated rings. The van der Waals surface area contributed by atoms with E-state index in [9.17, 15) is 0 Å². The molecule has 1 aliphatic carbocycles. The monoisotopic (exact) mass is 614 g/mol. The van der Waals surface area contributed by atoms with Gasteiger partial charge in [0.2, 0.25) is 0 Å². The SMILES string of the molecule is C1=CC(c2ccccc2-n2c3ccccc3c3ccccc32)CC=C1Nc1ccc(-c2cccc(-c3ccc4ccccc4c3)c2)cc1. The maximum absolute atomic E-state index is 3.65. The zero-order chi connectivity index (χ0) is 31.9. The quantitative estimate of drug-likeness (QED) is 0.197. The summed E-state index contributed by atoms with van der Waals surface area (Å²) in [6.07, 6.45) is 7.85. The number of fused-ring (bicyclic) bond motifs is 4. The topological polar surface area (TPSA) is 17.0 Å². The van der Waals surface area contributed by atoms with Gasteiger partial charge in [-0.15, -0.1) is 0 Å². The molecule has 0 saturated carbocycles. The number of benzene rings is 7. The van der Waals surface area contributed by atoms with Crippen molar-refractivity contribution in [3.8, 4) is 27.9 Å². The minimum absolute atomic E-state index is 0.295. The number of hydrogen-bond donors (Lipinski definition) is 1. The van der Waals surface area contributed by atoms with Gasteiger partial charge >= 0.3 is 0 Å². The molecule has 1 unspecified atom stereocenters. The van der Waals surface area contributed by atoms with E-state index in [1.54, 1.807) is 0 Å². The van der Waals surface area contributed by atoms with Gasteiger partial charge in [0.1, 0.15) is 0 Å². The molecule has 0 bridgehead atoms. The van der Waals surface area contributed by atoms with Crippen LogP contribution in [0.5, 0.6) is 0 Å². The van der Waals surface area contributed by atoms with Crippen molar-refractivity contribution in [2.75, 3.05) is 5.32 Å². The summed E-state index contributed by atoms with van der Waals surface area (Å²) in [6, 6.07) is 59.2. The molecule has 1 atom stereocenters. The van der Waals surface area contributed by atoms with Gasteiger partial charge in [-0.25, -0.2) is 0 Å². The largest absolute Gasteiger partial charge is 0.356 e. The number of nitrogens with one attached hydrogen (secondary N) is 1. The molecule has 7 aromatic carbocycles. The van der Waals surface area contributed by atoms with E-state index in [2.05, 4.69) is 192 Å². The molecule has 0 spiro atoms. The zero-order valence-corrected chi connectivity index (χ0v) is 26.6. The van der Waals surface area contributed by atoms with Crippen molar-refractivity contribution in [1.29, 1.82) is 0 Å². The fourth-order valence-corrected chi connectivity index (χ4v) is 7.29. The Morgan fingerprint density at radius 1 is 0.500 bits per heavy atom. The maximum Gasteiger partial charge on any atom is 0.0541 e. The smallest absolute Gasteiger partial charge is 0.0541 e. The number of anilines is 1. The highest BCUT2D eigenvalue weighted by atomic mass is 15.0. The van der Waals surface area contributed by atoms with Gasteiger partial charge < -0.3 is 9.88 Å². The van der Waals surface area contributed by atoms with Crippen molar-refractivity contribution in [1.82, 2.24) is 4.57 Å². The summed E-state index contributed by atoms with van der Waals surface area (Å²) in [6.45, 7) is 0. The molecule has 0 radical (unpaired) electrons. The number of allylic oxidation sites excluding steroid dienone is 3. The van der Waals surface area contributed by atoms with E-state index >= 15 is 0 Å². The van der Waals surface area contributed by atoms with Crippen molar-refractivity contribution in [2.24, 2.45) is 0 Å². The van der Waals surface area contributed by atoms with Crippen molar-refractivity contribution in [2.45, 2.75) is 12.3 Å². The molecular formula is C46H34N2. The van der Waals surface area contributed by atoms with E-state index in [0.717, 1.165) is 17.8 Å². The summed E-state index contributed by atoms with van der Waals surface area (Å²) in [5.74, 6) is 0.295. The molecule has 0 aliphatic heterocycles. The van der Waals surface area contributed by atoms with Gasteiger partial charge in [0.05, 0.1) is 11.0 Å². The van der Waals surface area contributed by atoms with Crippen LogP contribution in [-0.2, 0) is 0 Å². The lowest BCUT2D eigenvalue weighted by Gasteiger charge is -2.22. The fourth-order valence-electron chi connectivity index (χ4n) is 7.29. The Balaban J connectivity index is 0.935. The predicted octanol–water partition coefficient (Wildman–Crippen LogP) is 12.3. The van der Waals surface area contributed by atoms with E-state index in [4.69, 9.17) is 0 Å². The Kier molecular flexibility index (Phi) is 6.98. The molecule has 8 aromatic rings. The third kappa shape index (κ3) is 5.09. The van der Waals surface area contributed by atoms with Gasteiger partial charge in [-0.1, -0.05) is 133 Å². The molecule has 228 valence electrons. The Hall–Kier alpha value is -6.12. The highest BCUT2D eigenvalue weighted by Crippen LogP contribution is 2.37. The van der Waals surface area contributed by atoms with Crippen molar-refractivity contribution < 1.29 is 0 Å². The first kappa shape index (κ1) is 28.1. The van der Waals surface area contributed by atoms with Crippen molar-refractivity contribution in [3.63, 3.8) is 0 Å². The molecule has 1 N–H and O–H groups in total. The summed E-state index contributed by atoms with van der Waals surface area (Å²) in [5, 5.41) is 8.75. The maximum atomic E-state index is 3.65. The third-order valence-electron chi connectivity index (χ3n) is 9.71. The van der Waals surface area contributed by atoms with Gasteiger partial charge in [0, 0.05) is 33.8 Å². The summed E-state index contributed by atoms with van der Waals surface area (Å²) in [4.78, 5) is 0. The lowest BCUT2D eigenvalue weighted by Crippen LogP contribution is -2.07. The van der Waals surface area contributed by atoms with E-state index in [1.165, 1.54) is 66.1 Å². The molecule has 0 saturated heterocycles. The Labute approximate surface area is 280 Å². The van der Waals surface area contributed by atoms with Crippen molar-refractivity contribution in [3.05, 3.63) is 193 Å². The highest BCUT2D eigenvalue weighted by Gasteiger charge is 2.19. The van der Waals surface area contributed by atoms with Crippen LogP contribution in [0.25, 0.3) is 60.5 Å². The summed E-state index contributed by atoms with van der Waals surface area (Å²) >= 11 is 0. The average molecular weight is 615 g/mol. The molecule has 0 amide bonds. The Morgan fingerprint density at radius 2 is 1.12 bits per heavy atom. The van der Waals surface area contributed by atoms with Crippen LogP contribution in [0.2, 0.25) is 0 Å². The van der Waals surface area contributed by atoms with Gasteiger partial charge in [-0.05, 0) is 93.6 Å². The van der Waals surface area contributed by atoms with Gasteiger partial charge in [0.25, 0.3) is 0 Å². The molecule has 1 aromatic heterocycles. The van der Waals surface area contributed by atoms with E-state index in [0.29, 0.717) is 5.92 Å². The molecular weight excluding hydrogens is 581 g/mol. The van der Waals surface area contributed by atoms with Gasteiger partial charge in [-0.3, -0.25) is 0 Å². The predicted molar refractivity (Wildman–Crippen MR) is 204 cm³/mol. The van der Waals surface area contributed by atoms with E-state index < -0.39 is 0 Å².